The normalized spacial score (nSPS) is 17.6. The van der Waals surface area contributed by atoms with Crippen LogP contribution < -0.4 is 0 Å². The van der Waals surface area contributed by atoms with Gasteiger partial charge in [-0.05, 0) is 37.2 Å². The van der Waals surface area contributed by atoms with E-state index in [0.717, 1.165) is 18.4 Å². The van der Waals surface area contributed by atoms with E-state index in [2.05, 4.69) is 6.92 Å². The van der Waals surface area contributed by atoms with E-state index in [0.29, 0.717) is 30.5 Å². The zero-order chi connectivity index (χ0) is 15.6. The highest BCUT2D eigenvalue weighted by Crippen LogP contribution is 2.38. The van der Waals surface area contributed by atoms with Crippen molar-refractivity contribution in [1.29, 1.82) is 0 Å². The fourth-order valence-corrected chi connectivity index (χ4v) is 4.21. The van der Waals surface area contributed by atoms with Crippen molar-refractivity contribution >= 4 is 23.4 Å². The fourth-order valence-electron chi connectivity index (χ4n) is 3.00. The van der Waals surface area contributed by atoms with E-state index in [1.807, 2.05) is 12.3 Å². The third-order valence-corrected chi connectivity index (χ3v) is 5.70. The van der Waals surface area contributed by atoms with Gasteiger partial charge in [0.2, 0.25) is 0 Å². The van der Waals surface area contributed by atoms with Crippen molar-refractivity contribution < 1.29 is 19.4 Å². The monoisotopic (exact) mass is 311 g/mol. The minimum Gasteiger partial charge on any atom is -0.465 e. The molecule has 2 heterocycles. The minimum atomic E-state index is -0.832. The number of amides is 1. The Balaban J connectivity index is 2.08. The molecule has 0 saturated carbocycles. The molecule has 1 aliphatic heterocycles. The highest BCUT2D eigenvalue weighted by Gasteiger charge is 2.29. The molecule has 1 aromatic rings. The van der Waals surface area contributed by atoms with Crippen LogP contribution in [0.25, 0.3) is 0 Å². The summed E-state index contributed by atoms with van der Waals surface area (Å²) >= 11 is 1.60. The van der Waals surface area contributed by atoms with Crippen molar-refractivity contribution in [3.63, 3.8) is 0 Å². The molecular weight excluding hydrogens is 290 g/mol. The molecule has 6 heteroatoms. The molecule has 0 spiro atoms. The predicted molar refractivity (Wildman–Crippen MR) is 81.1 cm³/mol. The number of carbonyl (C=O) groups excluding carboxylic acids is 1. The quantitative estimate of drug-likeness (QED) is 0.869. The molecule has 1 N–H and O–H groups in total. The third-order valence-electron chi connectivity index (χ3n) is 4.41. The van der Waals surface area contributed by atoms with Crippen LogP contribution in [-0.2, 0) is 4.74 Å². The number of thiophene rings is 1. The SMILES string of the molecule is COC(=O)c1csc(C(C)C2CCN(C(=O)O)CC2)c1C. The number of esters is 1. The van der Waals surface area contributed by atoms with Crippen molar-refractivity contribution in [3.05, 3.63) is 21.4 Å². The van der Waals surface area contributed by atoms with E-state index >= 15 is 0 Å². The molecule has 21 heavy (non-hydrogen) atoms. The number of piperidine rings is 1. The van der Waals surface area contributed by atoms with Crippen LogP contribution in [0.4, 0.5) is 4.79 Å². The fraction of sp³-hybridized carbons (Fsp3) is 0.600. The lowest BCUT2D eigenvalue weighted by Crippen LogP contribution is -2.38. The van der Waals surface area contributed by atoms with Crippen LogP contribution in [0.15, 0.2) is 5.38 Å². The van der Waals surface area contributed by atoms with Crippen LogP contribution in [0.3, 0.4) is 0 Å². The number of hydrogen-bond donors (Lipinski definition) is 1. The Morgan fingerprint density at radius 2 is 2.05 bits per heavy atom. The van der Waals surface area contributed by atoms with E-state index in [-0.39, 0.29) is 5.97 Å². The summed E-state index contributed by atoms with van der Waals surface area (Å²) < 4.78 is 4.79. The highest BCUT2D eigenvalue weighted by atomic mass is 32.1. The summed E-state index contributed by atoms with van der Waals surface area (Å²) in [5.41, 5.74) is 1.65. The van der Waals surface area contributed by atoms with Crippen LogP contribution in [0.5, 0.6) is 0 Å². The number of likely N-dealkylation sites (tertiary alicyclic amines) is 1. The number of nitrogens with zero attached hydrogens (tertiary/aromatic N) is 1. The zero-order valence-corrected chi connectivity index (χ0v) is 13.4. The third kappa shape index (κ3) is 3.20. The van der Waals surface area contributed by atoms with Gasteiger partial charge in [0.15, 0.2) is 0 Å². The Labute approximate surface area is 128 Å². The van der Waals surface area contributed by atoms with Gasteiger partial charge in [0.25, 0.3) is 0 Å². The molecule has 0 radical (unpaired) electrons. The average molecular weight is 311 g/mol. The molecule has 0 aromatic carbocycles. The summed E-state index contributed by atoms with van der Waals surface area (Å²) in [7, 11) is 1.39. The van der Waals surface area contributed by atoms with Crippen molar-refractivity contribution in [3.8, 4) is 0 Å². The maximum absolute atomic E-state index is 11.7. The van der Waals surface area contributed by atoms with Gasteiger partial charge in [-0.1, -0.05) is 6.92 Å². The molecule has 1 amide bonds. The molecule has 116 valence electrons. The Hall–Kier alpha value is -1.56. The smallest absolute Gasteiger partial charge is 0.407 e. The number of methoxy groups -OCH3 is 1. The van der Waals surface area contributed by atoms with Crippen LogP contribution in [0.2, 0.25) is 0 Å². The van der Waals surface area contributed by atoms with Crippen LogP contribution in [0.1, 0.15) is 46.5 Å². The number of hydrogen-bond acceptors (Lipinski definition) is 4. The summed E-state index contributed by atoms with van der Waals surface area (Å²) in [6, 6.07) is 0. The molecule has 1 atom stereocenters. The second kappa shape index (κ2) is 6.47. The molecule has 1 aliphatic rings. The predicted octanol–water partition coefficient (Wildman–Crippen LogP) is 3.34. The van der Waals surface area contributed by atoms with Gasteiger partial charge in [-0.25, -0.2) is 9.59 Å². The summed E-state index contributed by atoms with van der Waals surface area (Å²) in [6.45, 7) is 5.32. The molecule has 0 bridgehead atoms. The lowest BCUT2D eigenvalue weighted by molar-refractivity contribution is 0.0600. The van der Waals surface area contributed by atoms with E-state index in [1.165, 1.54) is 16.9 Å². The van der Waals surface area contributed by atoms with E-state index in [9.17, 15) is 9.59 Å². The van der Waals surface area contributed by atoms with Gasteiger partial charge in [-0.15, -0.1) is 11.3 Å². The average Bonchev–Trinajstić information content (AvgIpc) is 2.87. The summed E-state index contributed by atoms with van der Waals surface area (Å²) in [5.74, 6) is 0.510. The van der Waals surface area contributed by atoms with Crippen LogP contribution >= 0.6 is 11.3 Å². The molecule has 5 nitrogen and oxygen atoms in total. The lowest BCUT2D eigenvalue weighted by Gasteiger charge is -2.33. The maximum atomic E-state index is 11.7. The summed E-state index contributed by atoms with van der Waals surface area (Å²) in [6.07, 6.45) is 0.915. The van der Waals surface area contributed by atoms with Gasteiger partial charge in [0.1, 0.15) is 0 Å². The molecule has 1 fully saturated rings. The first kappa shape index (κ1) is 15.8. The van der Waals surface area contributed by atoms with Gasteiger partial charge in [-0.2, -0.15) is 0 Å². The first-order valence-corrected chi connectivity index (χ1v) is 7.97. The van der Waals surface area contributed by atoms with Gasteiger partial charge in [0.05, 0.1) is 12.7 Å². The lowest BCUT2D eigenvalue weighted by atomic mass is 9.83. The van der Waals surface area contributed by atoms with E-state index < -0.39 is 6.09 Å². The first-order valence-electron chi connectivity index (χ1n) is 7.09. The minimum absolute atomic E-state index is 0.289. The second-order valence-electron chi connectivity index (χ2n) is 5.53. The van der Waals surface area contributed by atoms with Crippen LogP contribution in [-0.4, -0.2) is 42.3 Å². The summed E-state index contributed by atoms with van der Waals surface area (Å²) in [5, 5.41) is 10.9. The van der Waals surface area contributed by atoms with Gasteiger partial charge in [0, 0.05) is 23.3 Å². The highest BCUT2D eigenvalue weighted by molar-refractivity contribution is 7.10. The van der Waals surface area contributed by atoms with Crippen molar-refractivity contribution in [2.75, 3.05) is 20.2 Å². The molecule has 1 aromatic heterocycles. The van der Waals surface area contributed by atoms with Gasteiger partial charge >= 0.3 is 12.1 Å². The number of carbonyl (C=O) groups is 2. The number of carboxylic acid groups (broad SMARTS) is 1. The van der Waals surface area contributed by atoms with Crippen molar-refractivity contribution in [2.45, 2.75) is 32.6 Å². The Kier molecular flexibility index (Phi) is 4.88. The number of ether oxygens (including phenoxy) is 1. The molecular formula is C15H21NO4S. The first-order chi connectivity index (χ1) is 9.95. The molecule has 0 aliphatic carbocycles. The van der Waals surface area contributed by atoms with Crippen molar-refractivity contribution in [1.82, 2.24) is 4.90 Å². The van der Waals surface area contributed by atoms with Gasteiger partial charge < -0.3 is 14.7 Å². The van der Waals surface area contributed by atoms with Crippen molar-refractivity contribution in [2.24, 2.45) is 5.92 Å². The van der Waals surface area contributed by atoms with Gasteiger partial charge in [-0.3, -0.25) is 0 Å². The number of rotatable bonds is 3. The second-order valence-corrected chi connectivity index (χ2v) is 6.44. The molecule has 1 saturated heterocycles. The molecule has 2 rings (SSSR count). The zero-order valence-electron chi connectivity index (χ0n) is 12.6. The molecule has 1 unspecified atom stereocenters. The Morgan fingerprint density at radius 3 is 2.57 bits per heavy atom. The topological polar surface area (TPSA) is 66.8 Å². The maximum Gasteiger partial charge on any atom is 0.407 e. The van der Waals surface area contributed by atoms with E-state index in [1.54, 1.807) is 11.3 Å². The van der Waals surface area contributed by atoms with Crippen LogP contribution in [0, 0.1) is 12.8 Å². The Bertz CT molecular complexity index is 532. The largest absolute Gasteiger partial charge is 0.465 e. The standard InChI is InChI=1S/C15H21NO4S/c1-9(11-4-6-16(7-5-11)15(18)19)13-10(2)12(8-21-13)14(17)20-3/h8-9,11H,4-7H2,1-3H3,(H,18,19). The Morgan fingerprint density at radius 1 is 1.43 bits per heavy atom. The van der Waals surface area contributed by atoms with E-state index in [4.69, 9.17) is 9.84 Å². The summed E-state index contributed by atoms with van der Waals surface area (Å²) in [4.78, 5) is 25.3.